The molecule has 0 heterocycles. The maximum absolute atomic E-state index is 9.38. The van der Waals surface area contributed by atoms with Crippen molar-refractivity contribution >= 4 is 0 Å². The molecule has 1 atom stereocenters. The van der Waals surface area contributed by atoms with Crippen molar-refractivity contribution in [1.82, 2.24) is 0 Å². The van der Waals surface area contributed by atoms with Crippen molar-refractivity contribution in [2.45, 2.75) is 18.3 Å². The fraction of sp³-hybridized carbons (Fsp3) is 0.455. The number of aryl methyl sites for hydroxylation is 1. The Morgan fingerprint density at radius 2 is 2.15 bits per heavy atom. The highest BCUT2D eigenvalue weighted by Crippen LogP contribution is 2.37. The van der Waals surface area contributed by atoms with Gasteiger partial charge in [0, 0.05) is 12.0 Å². The molecule has 0 bridgehead atoms. The molecule has 0 spiro atoms. The van der Waals surface area contributed by atoms with Crippen molar-refractivity contribution in [1.29, 1.82) is 0 Å². The van der Waals surface area contributed by atoms with Gasteiger partial charge in [0.2, 0.25) is 0 Å². The van der Waals surface area contributed by atoms with Gasteiger partial charge in [0.25, 0.3) is 0 Å². The van der Waals surface area contributed by atoms with Gasteiger partial charge < -0.3 is 10.8 Å². The van der Waals surface area contributed by atoms with E-state index in [2.05, 4.69) is 12.1 Å². The minimum absolute atomic E-state index is 0.156. The molecule has 0 fully saturated rings. The second-order valence-electron chi connectivity index (χ2n) is 3.80. The summed E-state index contributed by atoms with van der Waals surface area (Å²) in [5, 5.41) is 9.38. The highest BCUT2D eigenvalue weighted by Gasteiger charge is 2.36. The molecule has 0 saturated heterocycles. The van der Waals surface area contributed by atoms with Gasteiger partial charge in [0.1, 0.15) is 0 Å². The minimum atomic E-state index is -0.156. The van der Waals surface area contributed by atoms with Crippen LogP contribution in [0, 0.1) is 0 Å². The van der Waals surface area contributed by atoms with Crippen LogP contribution in [-0.2, 0) is 11.8 Å². The molecule has 0 saturated carbocycles. The van der Waals surface area contributed by atoms with Gasteiger partial charge >= 0.3 is 0 Å². The predicted molar refractivity (Wildman–Crippen MR) is 52.6 cm³/mol. The predicted octanol–water partition coefficient (Wildman–Crippen LogP) is 0.822. The Morgan fingerprint density at radius 3 is 2.85 bits per heavy atom. The maximum atomic E-state index is 9.38. The monoisotopic (exact) mass is 177 g/mol. The van der Waals surface area contributed by atoms with Crippen LogP contribution in [0.3, 0.4) is 0 Å². The number of aliphatic hydroxyl groups excluding tert-OH is 1. The summed E-state index contributed by atoms with van der Waals surface area (Å²) in [7, 11) is 0. The lowest BCUT2D eigenvalue weighted by atomic mass is 9.83. The van der Waals surface area contributed by atoms with Crippen molar-refractivity contribution in [2.75, 3.05) is 13.2 Å². The molecule has 0 unspecified atom stereocenters. The Balaban J connectivity index is 2.47. The van der Waals surface area contributed by atoms with Gasteiger partial charge in [-0.15, -0.1) is 0 Å². The number of aliphatic hydroxyl groups is 1. The lowest BCUT2D eigenvalue weighted by Crippen LogP contribution is -2.36. The van der Waals surface area contributed by atoms with E-state index in [1.54, 1.807) is 0 Å². The van der Waals surface area contributed by atoms with Crippen LogP contribution in [0.5, 0.6) is 0 Å². The molecule has 70 valence electrons. The van der Waals surface area contributed by atoms with Gasteiger partial charge in [-0.05, 0) is 24.0 Å². The Kier molecular flexibility index (Phi) is 2.10. The van der Waals surface area contributed by atoms with Crippen LogP contribution in [0.15, 0.2) is 24.3 Å². The van der Waals surface area contributed by atoms with E-state index in [4.69, 9.17) is 5.73 Å². The first kappa shape index (κ1) is 8.73. The van der Waals surface area contributed by atoms with Crippen LogP contribution in [-0.4, -0.2) is 18.3 Å². The molecular formula is C11H15NO. The molecule has 1 aliphatic carbocycles. The van der Waals surface area contributed by atoms with Gasteiger partial charge in [-0.25, -0.2) is 0 Å². The summed E-state index contributed by atoms with van der Waals surface area (Å²) in [6.45, 7) is 0.709. The molecule has 3 N–H and O–H groups in total. The van der Waals surface area contributed by atoms with E-state index >= 15 is 0 Å². The first-order valence-electron chi connectivity index (χ1n) is 4.72. The number of hydrogen-bond donors (Lipinski definition) is 2. The van der Waals surface area contributed by atoms with E-state index in [-0.39, 0.29) is 12.0 Å². The van der Waals surface area contributed by atoms with Gasteiger partial charge in [-0.2, -0.15) is 0 Å². The van der Waals surface area contributed by atoms with Gasteiger partial charge in [-0.1, -0.05) is 24.3 Å². The molecule has 1 aromatic rings. The second kappa shape index (κ2) is 3.13. The Morgan fingerprint density at radius 1 is 1.38 bits per heavy atom. The molecule has 1 aromatic carbocycles. The summed E-state index contributed by atoms with van der Waals surface area (Å²) in [5.74, 6) is 0. The Labute approximate surface area is 78.4 Å². The van der Waals surface area contributed by atoms with Crippen LogP contribution in [0.25, 0.3) is 0 Å². The molecule has 2 nitrogen and oxygen atoms in total. The Hall–Kier alpha value is -0.860. The average Bonchev–Trinajstić information content (AvgIpc) is 2.58. The van der Waals surface area contributed by atoms with Crippen LogP contribution in [0.4, 0.5) is 0 Å². The summed E-state index contributed by atoms with van der Waals surface area (Å²) in [4.78, 5) is 0. The van der Waals surface area contributed by atoms with Crippen LogP contribution < -0.4 is 5.73 Å². The molecule has 0 radical (unpaired) electrons. The SMILES string of the molecule is NC[C@]1(CO)CCc2ccccc21. The van der Waals surface area contributed by atoms with Crippen LogP contribution >= 0.6 is 0 Å². The molecule has 0 aliphatic heterocycles. The quantitative estimate of drug-likeness (QED) is 0.702. The number of hydrogen-bond acceptors (Lipinski definition) is 2. The Bertz CT molecular complexity index is 305. The molecule has 0 amide bonds. The third-order valence-corrected chi connectivity index (χ3v) is 3.16. The molecule has 1 aliphatic rings. The van der Waals surface area contributed by atoms with E-state index in [9.17, 15) is 5.11 Å². The smallest absolute Gasteiger partial charge is 0.0540 e. The van der Waals surface area contributed by atoms with Crippen LogP contribution in [0.1, 0.15) is 17.5 Å². The first-order chi connectivity index (χ1) is 6.32. The topological polar surface area (TPSA) is 46.2 Å². The van der Waals surface area contributed by atoms with E-state index < -0.39 is 0 Å². The summed E-state index contributed by atoms with van der Waals surface area (Å²) in [5.41, 5.74) is 8.18. The number of nitrogens with two attached hydrogens (primary N) is 1. The van der Waals surface area contributed by atoms with E-state index in [0.29, 0.717) is 6.54 Å². The number of fused-ring (bicyclic) bond motifs is 1. The number of rotatable bonds is 2. The highest BCUT2D eigenvalue weighted by atomic mass is 16.3. The fourth-order valence-corrected chi connectivity index (χ4v) is 2.21. The normalized spacial score (nSPS) is 26.0. The third kappa shape index (κ3) is 1.18. The van der Waals surface area contributed by atoms with E-state index in [1.807, 2.05) is 12.1 Å². The van der Waals surface area contributed by atoms with Gasteiger partial charge in [0.15, 0.2) is 0 Å². The highest BCUT2D eigenvalue weighted by molar-refractivity contribution is 5.39. The zero-order valence-electron chi connectivity index (χ0n) is 7.66. The summed E-state index contributed by atoms with van der Waals surface area (Å²) in [6.07, 6.45) is 2.03. The van der Waals surface area contributed by atoms with Crippen molar-refractivity contribution in [3.8, 4) is 0 Å². The van der Waals surface area contributed by atoms with Crippen LogP contribution in [0.2, 0.25) is 0 Å². The molecular weight excluding hydrogens is 162 g/mol. The van der Waals surface area contributed by atoms with Gasteiger partial charge in [-0.3, -0.25) is 0 Å². The van der Waals surface area contributed by atoms with Crippen molar-refractivity contribution in [2.24, 2.45) is 5.73 Å². The summed E-state index contributed by atoms with van der Waals surface area (Å²) < 4.78 is 0. The summed E-state index contributed by atoms with van der Waals surface area (Å²) in [6, 6.07) is 8.28. The lowest BCUT2D eigenvalue weighted by molar-refractivity contribution is 0.197. The fourth-order valence-electron chi connectivity index (χ4n) is 2.21. The molecule has 13 heavy (non-hydrogen) atoms. The van der Waals surface area contributed by atoms with E-state index in [1.165, 1.54) is 11.1 Å². The lowest BCUT2D eigenvalue weighted by Gasteiger charge is -2.25. The standard InChI is InChI=1S/C11H15NO/c12-7-11(8-13)6-5-9-3-1-2-4-10(9)11/h1-4,13H,5-8,12H2/t11-/m0/s1. The average molecular weight is 177 g/mol. The van der Waals surface area contributed by atoms with Crippen molar-refractivity contribution < 1.29 is 5.11 Å². The number of benzene rings is 1. The first-order valence-corrected chi connectivity index (χ1v) is 4.72. The molecule has 2 rings (SSSR count). The van der Waals surface area contributed by atoms with Gasteiger partial charge in [0.05, 0.1) is 6.61 Å². The molecule has 2 heteroatoms. The van der Waals surface area contributed by atoms with E-state index in [0.717, 1.165) is 12.8 Å². The zero-order chi connectivity index (χ0) is 9.31. The second-order valence-corrected chi connectivity index (χ2v) is 3.80. The van der Waals surface area contributed by atoms with Crippen molar-refractivity contribution in [3.05, 3.63) is 35.4 Å². The zero-order valence-corrected chi connectivity index (χ0v) is 7.66. The largest absolute Gasteiger partial charge is 0.395 e. The summed E-state index contributed by atoms with van der Waals surface area (Å²) >= 11 is 0. The maximum Gasteiger partial charge on any atom is 0.0540 e. The van der Waals surface area contributed by atoms with Crippen molar-refractivity contribution in [3.63, 3.8) is 0 Å². The minimum Gasteiger partial charge on any atom is -0.395 e. The third-order valence-electron chi connectivity index (χ3n) is 3.16. The molecule has 0 aromatic heterocycles.